The first-order valence-corrected chi connectivity index (χ1v) is 18.2. The van der Waals surface area contributed by atoms with Gasteiger partial charge >= 0.3 is 5.97 Å². The van der Waals surface area contributed by atoms with E-state index in [2.05, 4.69) is 25.4 Å². The Balaban J connectivity index is 1.72. The number of aliphatic hydroxyl groups excluding tert-OH is 1. The molecule has 1 aromatic rings. The second-order valence-corrected chi connectivity index (χ2v) is 14.3. The van der Waals surface area contributed by atoms with Crippen LogP contribution < -0.4 is 5.32 Å². The number of aliphatic hydroxyl groups is 1. The summed E-state index contributed by atoms with van der Waals surface area (Å²) in [4.78, 5) is 60.0. The summed E-state index contributed by atoms with van der Waals surface area (Å²) in [5.74, 6) is -3.31. The van der Waals surface area contributed by atoms with Crippen molar-refractivity contribution in [3.63, 3.8) is 0 Å². The van der Waals surface area contributed by atoms with Crippen molar-refractivity contribution in [1.82, 2.24) is 15.1 Å². The van der Waals surface area contributed by atoms with E-state index in [1.807, 2.05) is 44.2 Å². The minimum Gasteiger partial charge on any atom is -0.455 e. The molecule has 50 heavy (non-hydrogen) atoms. The minimum atomic E-state index is -1.25. The van der Waals surface area contributed by atoms with Crippen LogP contribution >= 0.6 is 0 Å². The maximum Gasteiger partial charge on any atom is 0.313 e. The van der Waals surface area contributed by atoms with Crippen LogP contribution in [0.4, 0.5) is 0 Å². The van der Waals surface area contributed by atoms with Crippen LogP contribution in [0.15, 0.2) is 55.6 Å². The van der Waals surface area contributed by atoms with E-state index in [4.69, 9.17) is 14.2 Å². The van der Waals surface area contributed by atoms with Crippen molar-refractivity contribution in [2.24, 2.45) is 17.8 Å². The molecule has 0 aromatic heterocycles. The van der Waals surface area contributed by atoms with E-state index < -0.39 is 53.7 Å². The van der Waals surface area contributed by atoms with Crippen molar-refractivity contribution < 1.29 is 38.5 Å². The molecule has 1 aromatic carbocycles. The lowest BCUT2D eigenvalue weighted by molar-refractivity contribution is -0.163. The van der Waals surface area contributed by atoms with Gasteiger partial charge in [0.05, 0.1) is 43.2 Å². The Hall–Kier alpha value is -3.54. The van der Waals surface area contributed by atoms with E-state index in [1.165, 1.54) is 12.0 Å². The van der Waals surface area contributed by atoms with Crippen LogP contribution in [0.5, 0.6) is 0 Å². The quantitative estimate of drug-likeness (QED) is 0.110. The Morgan fingerprint density at radius 1 is 1.18 bits per heavy atom. The fourth-order valence-corrected chi connectivity index (χ4v) is 8.15. The summed E-state index contributed by atoms with van der Waals surface area (Å²) < 4.78 is 18.5. The highest BCUT2D eigenvalue weighted by molar-refractivity contribution is 5.98. The Bertz CT molecular complexity index is 1340. The number of fused-ring (bicyclic) bond motifs is 1. The fraction of sp³-hybridized carbons (Fsp3) is 0.641. The first kappa shape index (κ1) is 39.2. The van der Waals surface area contributed by atoms with Crippen LogP contribution in [0.1, 0.15) is 83.8 Å². The second-order valence-electron chi connectivity index (χ2n) is 14.3. The lowest BCUT2D eigenvalue weighted by Crippen LogP contribution is -2.59. The third-order valence-electron chi connectivity index (χ3n) is 10.3. The van der Waals surface area contributed by atoms with E-state index in [0.717, 1.165) is 19.3 Å². The molecule has 3 aliphatic heterocycles. The number of ether oxygens (including phenoxy) is 3. The lowest BCUT2D eigenvalue weighted by atomic mass is 9.70. The van der Waals surface area contributed by atoms with Gasteiger partial charge in [-0.2, -0.15) is 0 Å². The average Bonchev–Trinajstić information content (AvgIpc) is 3.75. The maximum absolute atomic E-state index is 14.7. The Kier molecular flexibility index (Phi) is 14.2. The zero-order valence-electron chi connectivity index (χ0n) is 30.3. The van der Waals surface area contributed by atoms with Gasteiger partial charge < -0.3 is 34.4 Å². The monoisotopic (exact) mass is 695 g/mol. The SMILES string of the molecule is C=CCCC(=O)N[C@H](COC)[C@H](OC(=O)[C@@H]1[C@H]2C(=O)N([C@@H](CO)CC(C)C)[C@H](C(=O)N(CC=C)CCCCC)[C@]23CC[C@H]1O3)c1ccccc1. The molecule has 2 bridgehead atoms. The van der Waals surface area contributed by atoms with E-state index in [0.29, 0.717) is 44.3 Å². The van der Waals surface area contributed by atoms with Gasteiger partial charge in [0.2, 0.25) is 17.7 Å². The summed E-state index contributed by atoms with van der Waals surface area (Å²) in [6, 6.07) is 6.77. The van der Waals surface area contributed by atoms with Gasteiger partial charge in [-0.3, -0.25) is 19.2 Å². The van der Waals surface area contributed by atoms with Crippen molar-refractivity contribution in [3.05, 3.63) is 61.2 Å². The van der Waals surface area contributed by atoms with Crippen molar-refractivity contribution in [2.75, 3.05) is 33.4 Å². The average molecular weight is 696 g/mol. The maximum atomic E-state index is 14.7. The van der Waals surface area contributed by atoms with Gasteiger partial charge in [0.1, 0.15) is 17.7 Å². The molecule has 3 amide bonds. The number of esters is 1. The molecule has 0 aliphatic carbocycles. The lowest BCUT2D eigenvalue weighted by Gasteiger charge is -2.39. The van der Waals surface area contributed by atoms with Crippen molar-refractivity contribution in [2.45, 2.75) is 108 Å². The van der Waals surface area contributed by atoms with Gasteiger partial charge in [-0.05, 0) is 43.6 Å². The first-order chi connectivity index (χ1) is 24.1. The molecule has 0 unspecified atom stereocenters. The number of carbonyl (C=O) groups is 4. The fourth-order valence-electron chi connectivity index (χ4n) is 8.15. The zero-order chi connectivity index (χ0) is 36.4. The van der Waals surface area contributed by atoms with E-state index >= 15 is 0 Å². The third-order valence-corrected chi connectivity index (χ3v) is 10.3. The number of nitrogens with one attached hydrogen (secondary N) is 1. The number of hydrogen-bond acceptors (Lipinski definition) is 8. The highest BCUT2D eigenvalue weighted by Gasteiger charge is 2.75. The number of carbonyl (C=O) groups excluding carboxylic acids is 4. The Morgan fingerprint density at radius 3 is 2.54 bits per heavy atom. The van der Waals surface area contributed by atoms with Gasteiger partial charge in [0.15, 0.2) is 0 Å². The molecule has 2 N–H and O–H groups in total. The molecule has 1 spiro atoms. The summed E-state index contributed by atoms with van der Waals surface area (Å²) in [5.41, 5.74) is -0.591. The normalized spacial score (nSPS) is 25.6. The first-order valence-electron chi connectivity index (χ1n) is 18.2. The largest absolute Gasteiger partial charge is 0.455 e. The van der Waals surface area contributed by atoms with Crippen molar-refractivity contribution in [1.29, 1.82) is 0 Å². The molecule has 4 rings (SSSR count). The van der Waals surface area contributed by atoms with Crippen molar-refractivity contribution >= 4 is 23.7 Å². The summed E-state index contributed by atoms with van der Waals surface area (Å²) in [6.07, 6.45) is 6.60. The minimum absolute atomic E-state index is 0.0679. The molecule has 276 valence electrons. The molecular formula is C39H57N3O8. The predicted octanol–water partition coefficient (Wildman–Crippen LogP) is 4.35. The van der Waals surface area contributed by atoms with Crippen LogP contribution in [0.25, 0.3) is 0 Å². The van der Waals surface area contributed by atoms with Gasteiger partial charge in [0, 0.05) is 26.6 Å². The summed E-state index contributed by atoms with van der Waals surface area (Å²) >= 11 is 0. The summed E-state index contributed by atoms with van der Waals surface area (Å²) in [6.45, 7) is 14.2. The van der Waals surface area contributed by atoms with E-state index in [9.17, 15) is 24.3 Å². The van der Waals surface area contributed by atoms with Gasteiger partial charge in [0.25, 0.3) is 0 Å². The number of amides is 3. The zero-order valence-corrected chi connectivity index (χ0v) is 30.3. The van der Waals surface area contributed by atoms with Gasteiger partial charge in [-0.25, -0.2) is 0 Å². The van der Waals surface area contributed by atoms with Crippen LogP contribution in [0.2, 0.25) is 0 Å². The highest BCUT2D eigenvalue weighted by atomic mass is 16.6. The van der Waals surface area contributed by atoms with Gasteiger partial charge in [-0.15, -0.1) is 13.2 Å². The predicted molar refractivity (Wildman–Crippen MR) is 190 cm³/mol. The van der Waals surface area contributed by atoms with Crippen molar-refractivity contribution in [3.8, 4) is 0 Å². The molecule has 3 fully saturated rings. The van der Waals surface area contributed by atoms with E-state index in [-0.39, 0.29) is 43.3 Å². The molecule has 3 saturated heterocycles. The third kappa shape index (κ3) is 8.32. The number of allylic oxidation sites excluding steroid dienone is 1. The number of hydrogen-bond donors (Lipinski definition) is 2. The van der Waals surface area contributed by atoms with Crippen LogP contribution in [0, 0.1) is 17.8 Å². The number of methoxy groups -OCH3 is 1. The Morgan fingerprint density at radius 2 is 1.92 bits per heavy atom. The van der Waals surface area contributed by atoms with Crippen LogP contribution in [-0.2, 0) is 33.4 Å². The number of benzene rings is 1. The molecule has 0 radical (unpaired) electrons. The van der Waals surface area contributed by atoms with E-state index in [1.54, 1.807) is 17.1 Å². The second kappa shape index (κ2) is 18.1. The summed E-state index contributed by atoms with van der Waals surface area (Å²) in [5, 5.41) is 13.6. The molecule has 3 heterocycles. The molecule has 11 nitrogen and oxygen atoms in total. The highest BCUT2D eigenvalue weighted by Crippen LogP contribution is 2.59. The van der Waals surface area contributed by atoms with Crippen LogP contribution in [0.3, 0.4) is 0 Å². The molecular weight excluding hydrogens is 638 g/mol. The van der Waals surface area contributed by atoms with Crippen LogP contribution in [-0.4, -0.2) is 102 Å². The number of nitrogens with zero attached hydrogens (tertiary/aromatic N) is 2. The Labute approximate surface area is 297 Å². The molecule has 3 aliphatic rings. The molecule has 8 atom stereocenters. The summed E-state index contributed by atoms with van der Waals surface area (Å²) in [7, 11) is 1.51. The number of rotatable bonds is 21. The smallest absolute Gasteiger partial charge is 0.313 e. The topological polar surface area (TPSA) is 135 Å². The van der Waals surface area contributed by atoms with Gasteiger partial charge in [-0.1, -0.05) is 76.1 Å². The standard InChI is InChI=1S/C39H57N3O8/c1-7-10-15-22-41(21-9-3)37(46)35-39-20-19-30(50-39)32(33(39)36(45)42(35)28(24-43)23-26(4)5)38(47)49-34(27-16-13-12-14-17-27)29(25-48-6)40-31(44)18-11-8-2/h8-9,12-14,16-17,26,28-30,32-35,43H,2-3,7,10-11,15,18-25H2,1,4-6H3,(H,40,44)/t28-,29-,30-,32+,33+,34-,35-,39+/m1/s1. The molecule has 11 heteroatoms. The number of unbranched alkanes of at least 4 members (excludes halogenated alkanes) is 2. The molecule has 0 saturated carbocycles. The number of likely N-dealkylation sites (tertiary alicyclic amines) is 1.